The average molecular weight is 257 g/mol. The van der Waals surface area contributed by atoms with Crippen LogP contribution in [0, 0.1) is 0 Å². The van der Waals surface area contributed by atoms with Crippen molar-refractivity contribution in [3.05, 3.63) is 0 Å². The molecule has 0 heterocycles. The molecule has 0 aromatic rings. The largest absolute Gasteiger partial charge is 0.343 e. The first-order valence-electron chi connectivity index (χ1n) is 6.72. The van der Waals surface area contributed by atoms with Crippen molar-refractivity contribution in [1.29, 1.82) is 0 Å². The van der Waals surface area contributed by atoms with E-state index < -0.39 is 0 Å². The number of carbonyl (C=O) groups is 1. The van der Waals surface area contributed by atoms with E-state index in [4.69, 9.17) is 0 Å². The van der Waals surface area contributed by atoms with Crippen LogP contribution in [0.2, 0.25) is 13.1 Å². The quantitative estimate of drug-likeness (QED) is 0.420. The summed E-state index contributed by atoms with van der Waals surface area (Å²) in [6.45, 7) is 8.29. The SMILES string of the molecule is CCC.C[B]CCC(=O)NCN(CNC)CNC. The van der Waals surface area contributed by atoms with Gasteiger partial charge < -0.3 is 16.0 Å². The van der Waals surface area contributed by atoms with Gasteiger partial charge in [-0.15, -0.1) is 0 Å². The smallest absolute Gasteiger partial charge is 0.220 e. The standard InChI is InChI=1S/C9H22BN4O.C3H8/c1-10-5-4-9(15)13-8-14(6-11-2)7-12-3;1-3-2/h11-12H,4-8H2,1-3H3,(H,13,15);3H2,1-2H3. The first kappa shape index (κ1) is 19.7. The molecule has 0 bridgehead atoms. The van der Waals surface area contributed by atoms with Gasteiger partial charge in [0, 0.05) is 6.42 Å². The summed E-state index contributed by atoms with van der Waals surface area (Å²) in [4.78, 5) is 13.4. The number of hydrogen-bond acceptors (Lipinski definition) is 4. The molecule has 5 nitrogen and oxygen atoms in total. The minimum Gasteiger partial charge on any atom is -0.343 e. The predicted octanol–water partition coefficient (Wildman–Crippen LogP) is 0.693. The number of amides is 1. The monoisotopic (exact) mass is 257 g/mol. The Balaban J connectivity index is 0. The van der Waals surface area contributed by atoms with E-state index >= 15 is 0 Å². The van der Waals surface area contributed by atoms with Crippen molar-refractivity contribution >= 4 is 13.2 Å². The summed E-state index contributed by atoms with van der Waals surface area (Å²) in [6, 6.07) is 0. The van der Waals surface area contributed by atoms with E-state index in [1.165, 1.54) is 6.42 Å². The Morgan fingerprint density at radius 2 is 1.61 bits per heavy atom. The summed E-state index contributed by atoms with van der Waals surface area (Å²) < 4.78 is 0. The molecule has 18 heavy (non-hydrogen) atoms. The van der Waals surface area contributed by atoms with Crippen molar-refractivity contribution < 1.29 is 4.79 Å². The van der Waals surface area contributed by atoms with E-state index in [1.807, 2.05) is 28.2 Å². The summed E-state index contributed by atoms with van der Waals surface area (Å²) in [5.41, 5.74) is 0. The second-order valence-corrected chi connectivity index (χ2v) is 4.11. The topological polar surface area (TPSA) is 56.4 Å². The molecule has 3 N–H and O–H groups in total. The fourth-order valence-electron chi connectivity index (χ4n) is 1.18. The lowest BCUT2D eigenvalue weighted by atomic mass is 9.77. The third-order valence-corrected chi connectivity index (χ3v) is 1.92. The van der Waals surface area contributed by atoms with Gasteiger partial charge in [0.05, 0.1) is 20.0 Å². The van der Waals surface area contributed by atoms with Crippen molar-refractivity contribution in [2.24, 2.45) is 0 Å². The van der Waals surface area contributed by atoms with Crippen LogP contribution in [0.4, 0.5) is 0 Å². The van der Waals surface area contributed by atoms with Gasteiger partial charge >= 0.3 is 0 Å². The van der Waals surface area contributed by atoms with E-state index in [1.54, 1.807) is 0 Å². The zero-order chi connectivity index (χ0) is 14.2. The van der Waals surface area contributed by atoms with Crippen LogP contribution in [-0.4, -0.2) is 52.2 Å². The Morgan fingerprint density at radius 1 is 1.11 bits per heavy atom. The Morgan fingerprint density at radius 3 is 2.00 bits per heavy atom. The second kappa shape index (κ2) is 16.4. The van der Waals surface area contributed by atoms with Gasteiger partial charge in [0.25, 0.3) is 0 Å². The van der Waals surface area contributed by atoms with Crippen LogP contribution in [0.3, 0.4) is 0 Å². The van der Waals surface area contributed by atoms with E-state index in [0.717, 1.165) is 19.7 Å². The molecule has 0 aliphatic heterocycles. The Bertz CT molecular complexity index is 175. The van der Waals surface area contributed by atoms with Gasteiger partial charge in [-0.05, 0) is 14.1 Å². The maximum absolute atomic E-state index is 11.3. The van der Waals surface area contributed by atoms with E-state index in [2.05, 4.69) is 34.7 Å². The normalized spacial score (nSPS) is 9.67. The van der Waals surface area contributed by atoms with Gasteiger partial charge in [0.2, 0.25) is 5.91 Å². The third-order valence-electron chi connectivity index (χ3n) is 1.92. The number of nitrogens with zero attached hydrogens (tertiary/aromatic N) is 1. The van der Waals surface area contributed by atoms with Crippen molar-refractivity contribution in [2.75, 3.05) is 34.1 Å². The second-order valence-electron chi connectivity index (χ2n) is 4.11. The van der Waals surface area contributed by atoms with Crippen molar-refractivity contribution in [2.45, 2.75) is 39.8 Å². The van der Waals surface area contributed by atoms with Crippen LogP contribution < -0.4 is 16.0 Å². The Kier molecular flexibility index (Phi) is 18.0. The Hall–Kier alpha value is -0.585. The summed E-state index contributed by atoms with van der Waals surface area (Å²) >= 11 is 0. The fraction of sp³-hybridized carbons (Fsp3) is 0.917. The van der Waals surface area contributed by atoms with Crippen molar-refractivity contribution in [1.82, 2.24) is 20.9 Å². The molecule has 0 aliphatic carbocycles. The Labute approximate surface area is 113 Å². The molecule has 0 saturated heterocycles. The molecule has 0 atom stereocenters. The van der Waals surface area contributed by atoms with Gasteiger partial charge in [-0.25, -0.2) is 0 Å². The highest BCUT2D eigenvalue weighted by Gasteiger charge is 2.04. The van der Waals surface area contributed by atoms with Crippen LogP contribution >= 0.6 is 0 Å². The molecule has 0 aliphatic rings. The van der Waals surface area contributed by atoms with Crippen molar-refractivity contribution in [3.8, 4) is 0 Å². The molecule has 0 fully saturated rings. The molecule has 0 aromatic heterocycles. The number of nitrogens with one attached hydrogen (secondary N) is 3. The van der Waals surface area contributed by atoms with E-state index in [0.29, 0.717) is 13.1 Å². The minimum atomic E-state index is 0.102. The summed E-state index contributed by atoms with van der Waals surface area (Å²) in [5, 5.41) is 8.97. The van der Waals surface area contributed by atoms with Gasteiger partial charge in [-0.3, -0.25) is 9.69 Å². The zero-order valence-electron chi connectivity index (χ0n) is 12.7. The molecule has 6 heteroatoms. The third kappa shape index (κ3) is 15.4. The van der Waals surface area contributed by atoms with Crippen LogP contribution in [0.1, 0.15) is 26.7 Å². The van der Waals surface area contributed by atoms with E-state index in [9.17, 15) is 4.79 Å². The number of rotatable bonds is 9. The maximum atomic E-state index is 11.3. The minimum absolute atomic E-state index is 0.102. The lowest BCUT2D eigenvalue weighted by Gasteiger charge is -2.21. The first-order valence-corrected chi connectivity index (χ1v) is 6.72. The van der Waals surface area contributed by atoms with Gasteiger partial charge in [-0.1, -0.05) is 33.4 Å². The fourth-order valence-corrected chi connectivity index (χ4v) is 1.18. The molecule has 107 valence electrons. The predicted molar refractivity (Wildman–Crippen MR) is 79.7 cm³/mol. The number of carbonyl (C=O) groups excluding carboxylic acids is 1. The average Bonchev–Trinajstić information content (AvgIpc) is 2.35. The molecule has 0 saturated carbocycles. The van der Waals surface area contributed by atoms with E-state index in [-0.39, 0.29) is 5.91 Å². The zero-order valence-corrected chi connectivity index (χ0v) is 12.7. The lowest BCUT2D eigenvalue weighted by molar-refractivity contribution is -0.121. The van der Waals surface area contributed by atoms with Gasteiger partial charge in [-0.2, -0.15) is 0 Å². The molecule has 0 rings (SSSR count). The van der Waals surface area contributed by atoms with Crippen LogP contribution in [0.5, 0.6) is 0 Å². The van der Waals surface area contributed by atoms with Crippen LogP contribution in [0.15, 0.2) is 0 Å². The highest BCUT2D eigenvalue weighted by Crippen LogP contribution is 1.88. The summed E-state index contributed by atoms with van der Waals surface area (Å²) in [6.07, 6.45) is 2.66. The van der Waals surface area contributed by atoms with Crippen LogP contribution in [0.25, 0.3) is 0 Å². The molecular weight excluding hydrogens is 227 g/mol. The maximum Gasteiger partial charge on any atom is 0.220 e. The summed E-state index contributed by atoms with van der Waals surface area (Å²) in [5.74, 6) is 0.102. The highest BCUT2D eigenvalue weighted by atomic mass is 16.1. The molecule has 1 radical (unpaired) electrons. The van der Waals surface area contributed by atoms with Crippen LogP contribution in [-0.2, 0) is 4.79 Å². The molecule has 0 aromatic carbocycles. The highest BCUT2D eigenvalue weighted by molar-refractivity contribution is 6.33. The molecule has 0 spiro atoms. The van der Waals surface area contributed by atoms with Gasteiger partial charge in [0.15, 0.2) is 0 Å². The van der Waals surface area contributed by atoms with Crippen molar-refractivity contribution in [3.63, 3.8) is 0 Å². The molecule has 0 unspecified atom stereocenters. The first-order chi connectivity index (χ1) is 8.65. The molecular formula is C12H30BN4O. The lowest BCUT2D eigenvalue weighted by Crippen LogP contribution is -2.45. The molecule has 1 amide bonds. The number of hydrogen-bond donors (Lipinski definition) is 3. The summed E-state index contributed by atoms with van der Waals surface area (Å²) in [7, 11) is 5.77. The van der Waals surface area contributed by atoms with Gasteiger partial charge in [0.1, 0.15) is 7.28 Å².